The molecule has 2 N–H and O–H groups in total. The van der Waals surface area contributed by atoms with Gasteiger partial charge in [0.1, 0.15) is 0 Å². The lowest BCUT2D eigenvalue weighted by Gasteiger charge is -1.96. The van der Waals surface area contributed by atoms with E-state index in [9.17, 15) is 0 Å². The fourth-order valence-electron chi connectivity index (χ4n) is 0.378. The zero-order valence-corrected chi connectivity index (χ0v) is 5.57. The van der Waals surface area contributed by atoms with Crippen LogP contribution in [0.25, 0.3) is 0 Å². The van der Waals surface area contributed by atoms with E-state index in [4.69, 9.17) is 5.73 Å². The summed E-state index contributed by atoms with van der Waals surface area (Å²) in [7, 11) is 0. The van der Waals surface area contributed by atoms with Gasteiger partial charge in [-0.15, -0.1) is 0 Å². The average Bonchev–Trinajstić information content (AvgIpc) is 1.84. The Kier molecular flexibility index (Phi) is 3.01. The highest BCUT2D eigenvalue weighted by Gasteiger charge is 1.86. The maximum atomic E-state index is 5.49. The Balaban J connectivity index is 4.03. The Labute approximate surface area is 50.9 Å². The van der Waals surface area contributed by atoms with Crippen LogP contribution in [0, 0.1) is 0 Å². The quantitative estimate of drug-likeness (QED) is 0.540. The average molecular weight is 111 g/mol. The minimum Gasteiger partial charge on any atom is -0.399 e. The van der Waals surface area contributed by atoms with Gasteiger partial charge < -0.3 is 5.73 Å². The molecule has 0 rings (SSSR count). The molecular formula is C7H13N. The number of hydrogen-bond acceptors (Lipinski definition) is 1. The summed E-state index contributed by atoms with van der Waals surface area (Å²) >= 11 is 0. The van der Waals surface area contributed by atoms with Crippen LogP contribution in [0.1, 0.15) is 20.3 Å². The van der Waals surface area contributed by atoms with Crippen LogP contribution >= 0.6 is 0 Å². The van der Waals surface area contributed by atoms with Crippen molar-refractivity contribution in [1.29, 1.82) is 0 Å². The SMILES string of the molecule is C=CC(N)=C(C)CC. The molecule has 0 saturated heterocycles. The Morgan fingerprint density at radius 3 is 2.38 bits per heavy atom. The lowest BCUT2D eigenvalue weighted by atomic mass is 10.2. The lowest BCUT2D eigenvalue weighted by Crippen LogP contribution is -1.95. The van der Waals surface area contributed by atoms with Gasteiger partial charge in [0.25, 0.3) is 0 Å². The molecule has 0 aliphatic rings. The summed E-state index contributed by atoms with van der Waals surface area (Å²) in [5.74, 6) is 0. The zero-order chi connectivity index (χ0) is 6.57. The number of rotatable bonds is 2. The third-order valence-corrected chi connectivity index (χ3v) is 1.24. The Morgan fingerprint density at radius 1 is 1.75 bits per heavy atom. The summed E-state index contributed by atoms with van der Waals surface area (Å²) in [5.41, 5.74) is 7.51. The Morgan fingerprint density at radius 2 is 2.25 bits per heavy atom. The van der Waals surface area contributed by atoms with E-state index in [1.54, 1.807) is 6.08 Å². The van der Waals surface area contributed by atoms with E-state index in [1.807, 2.05) is 6.92 Å². The molecule has 0 aliphatic carbocycles. The summed E-state index contributed by atoms with van der Waals surface area (Å²) < 4.78 is 0. The van der Waals surface area contributed by atoms with Crippen molar-refractivity contribution in [3.8, 4) is 0 Å². The molecule has 1 nitrogen and oxygen atoms in total. The highest BCUT2D eigenvalue weighted by Crippen LogP contribution is 2.01. The second-order valence-electron chi connectivity index (χ2n) is 1.79. The largest absolute Gasteiger partial charge is 0.399 e. The van der Waals surface area contributed by atoms with Gasteiger partial charge in [-0.2, -0.15) is 0 Å². The van der Waals surface area contributed by atoms with Crippen molar-refractivity contribution in [2.75, 3.05) is 0 Å². The molecule has 0 bridgehead atoms. The molecule has 0 fully saturated rings. The molecule has 1 heteroatoms. The fraction of sp³-hybridized carbons (Fsp3) is 0.429. The van der Waals surface area contributed by atoms with Crippen LogP contribution in [0.4, 0.5) is 0 Å². The molecule has 0 spiro atoms. The van der Waals surface area contributed by atoms with Gasteiger partial charge in [0.15, 0.2) is 0 Å². The minimum absolute atomic E-state index is 0.813. The van der Waals surface area contributed by atoms with Crippen LogP contribution in [0.15, 0.2) is 23.9 Å². The van der Waals surface area contributed by atoms with Gasteiger partial charge in [-0.3, -0.25) is 0 Å². The van der Waals surface area contributed by atoms with Gasteiger partial charge in [0.2, 0.25) is 0 Å². The predicted octanol–water partition coefficient (Wildman–Crippen LogP) is 1.82. The summed E-state index contributed by atoms with van der Waals surface area (Å²) in [6.45, 7) is 7.63. The highest BCUT2D eigenvalue weighted by molar-refractivity contribution is 5.18. The maximum absolute atomic E-state index is 5.49. The van der Waals surface area contributed by atoms with Gasteiger partial charge in [0, 0.05) is 5.70 Å². The van der Waals surface area contributed by atoms with Crippen LogP contribution in [0.2, 0.25) is 0 Å². The van der Waals surface area contributed by atoms with Gasteiger partial charge >= 0.3 is 0 Å². The molecule has 8 heavy (non-hydrogen) atoms. The first kappa shape index (κ1) is 7.28. The lowest BCUT2D eigenvalue weighted by molar-refractivity contribution is 1.06. The number of nitrogens with two attached hydrogens (primary N) is 1. The summed E-state index contributed by atoms with van der Waals surface area (Å²) in [4.78, 5) is 0. The molecule has 0 radical (unpaired) electrons. The van der Waals surface area contributed by atoms with Crippen molar-refractivity contribution in [3.05, 3.63) is 23.9 Å². The molecule has 0 heterocycles. The first-order valence-electron chi connectivity index (χ1n) is 2.80. The van der Waals surface area contributed by atoms with Crippen LogP contribution in [-0.2, 0) is 0 Å². The maximum Gasteiger partial charge on any atom is 0.0297 e. The van der Waals surface area contributed by atoms with Crippen LogP contribution < -0.4 is 5.73 Å². The molecule has 0 aromatic carbocycles. The van der Waals surface area contributed by atoms with Crippen LogP contribution in [-0.4, -0.2) is 0 Å². The summed E-state index contributed by atoms with van der Waals surface area (Å²) in [6.07, 6.45) is 2.69. The second kappa shape index (κ2) is 3.30. The van der Waals surface area contributed by atoms with Crippen molar-refractivity contribution in [2.45, 2.75) is 20.3 Å². The third-order valence-electron chi connectivity index (χ3n) is 1.24. The van der Waals surface area contributed by atoms with E-state index in [0.29, 0.717) is 0 Å². The first-order chi connectivity index (χ1) is 3.72. The van der Waals surface area contributed by atoms with E-state index in [0.717, 1.165) is 12.1 Å². The first-order valence-corrected chi connectivity index (χ1v) is 2.80. The van der Waals surface area contributed by atoms with E-state index in [2.05, 4.69) is 13.5 Å². The zero-order valence-electron chi connectivity index (χ0n) is 5.57. The standard InChI is InChI=1S/C7H13N/c1-4-6(3)7(8)5-2/h5H,2,4,8H2,1,3H3. The minimum atomic E-state index is 0.813. The van der Waals surface area contributed by atoms with Crippen molar-refractivity contribution in [1.82, 2.24) is 0 Å². The van der Waals surface area contributed by atoms with Crippen LogP contribution in [0.3, 0.4) is 0 Å². The molecule has 0 unspecified atom stereocenters. The molecule has 0 saturated carbocycles. The predicted molar refractivity (Wildman–Crippen MR) is 37.4 cm³/mol. The topological polar surface area (TPSA) is 26.0 Å². The smallest absolute Gasteiger partial charge is 0.0297 e. The second-order valence-corrected chi connectivity index (χ2v) is 1.79. The molecule has 0 amide bonds. The van der Waals surface area contributed by atoms with E-state index in [1.165, 1.54) is 5.57 Å². The van der Waals surface area contributed by atoms with Gasteiger partial charge in [-0.1, -0.05) is 19.1 Å². The van der Waals surface area contributed by atoms with Crippen molar-refractivity contribution >= 4 is 0 Å². The molecule has 0 aliphatic heterocycles. The normalized spacial score (nSPS) is 12.8. The molecule has 0 aromatic rings. The monoisotopic (exact) mass is 111 g/mol. The molecular weight excluding hydrogens is 98.1 g/mol. The van der Waals surface area contributed by atoms with Gasteiger partial charge in [0.05, 0.1) is 0 Å². The van der Waals surface area contributed by atoms with Crippen molar-refractivity contribution in [2.24, 2.45) is 5.73 Å². The summed E-state index contributed by atoms with van der Waals surface area (Å²) in [6, 6.07) is 0. The van der Waals surface area contributed by atoms with Crippen molar-refractivity contribution < 1.29 is 0 Å². The van der Waals surface area contributed by atoms with Crippen LogP contribution in [0.5, 0.6) is 0 Å². The molecule has 0 aromatic heterocycles. The molecule has 46 valence electrons. The third kappa shape index (κ3) is 1.82. The Hall–Kier alpha value is -0.720. The van der Waals surface area contributed by atoms with Gasteiger partial charge in [-0.05, 0) is 19.4 Å². The highest BCUT2D eigenvalue weighted by atomic mass is 14.6. The fourth-order valence-corrected chi connectivity index (χ4v) is 0.378. The number of allylic oxidation sites excluding steroid dienone is 2. The number of hydrogen-bond donors (Lipinski definition) is 1. The van der Waals surface area contributed by atoms with E-state index >= 15 is 0 Å². The van der Waals surface area contributed by atoms with Gasteiger partial charge in [-0.25, -0.2) is 0 Å². The summed E-state index contributed by atoms with van der Waals surface area (Å²) in [5, 5.41) is 0. The van der Waals surface area contributed by atoms with E-state index in [-0.39, 0.29) is 0 Å². The van der Waals surface area contributed by atoms with E-state index < -0.39 is 0 Å². The van der Waals surface area contributed by atoms with Crippen molar-refractivity contribution in [3.63, 3.8) is 0 Å². The Bertz CT molecular complexity index is 112. The molecule has 0 atom stereocenters.